The molecule has 2 unspecified atom stereocenters. The molecule has 1 aromatic carbocycles. The first-order valence-corrected chi connectivity index (χ1v) is 8.62. The van der Waals surface area contributed by atoms with Gasteiger partial charge in [-0.2, -0.15) is 0 Å². The second kappa shape index (κ2) is 7.43. The molecular weight excluding hydrogens is 290 g/mol. The Morgan fingerprint density at radius 2 is 2.00 bits per heavy atom. The lowest BCUT2D eigenvalue weighted by Gasteiger charge is -2.30. The molecule has 0 radical (unpaired) electrons. The van der Waals surface area contributed by atoms with E-state index in [9.17, 15) is 9.90 Å². The van der Waals surface area contributed by atoms with Gasteiger partial charge in [-0.05, 0) is 31.2 Å². The van der Waals surface area contributed by atoms with E-state index in [4.69, 9.17) is 0 Å². The van der Waals surface area contributed by atoms with Crippen molar-refractivity contribution < 1.29 is 9.90 Å². The van der Waals surface area contributed by atoms with Crippen molar-refractivity contribution in [1.29, 1.82) is 0 Å². The van der Waals surface area contributed by atoms with Gasteiger partial charge in [-0.25, -0.2) is 5.43 Å². The van der Waals surface area contributed by atoms with Crippen LogP contribution in [0.2, 0.25) is 0 Å². The van der Waals surface area contributed by atoms with Crippen LogP contribution in [0.4, 0.5) is 0 Å². The van der Waals surface area contributed by atoms with Crippen LogP contribution in [0.15, 0.2) is 30.3 Å². The lowest BCUT2D eigenvalue weighted by atomic mass is 9.86. The minimum Gasteiger partial charge on any atom is -0.393 e. The van der Waals surface area contributed by atoms with E-state index < -0.39 is 0 Å². The van der Waals surface area contributed by atoms with Crippen molar-refractivity contribution >= 4 is 5.91 Å². The van der Waals surface area contributed by atoms with E-state index in [0.29, 0.717) is 19.0 Å². The molecule has 3 N–H and O–H groups in total. The highest BCUT2D eigenvalue weighted by atomic mass is 16.3. The van der Waals surface area contributed by atoms with E-state index in [1.807, 2.05) is 30.1 Å². The first-order valence-electron chi connectivity index (χ1n) is 8.62. The van der Waals surface area contributed by atoms with Crippen LogP contribution in [0.3, 0.4) is 0 Å². The lowest BCUT2D eigenvalue weighted by Crippen LogP contribution is -2.44. The Bertz CT molecular complexity index is 522. The van der Waals surface area contributed by atoms with Crippen molar-refractivity contribution in [3.63, 3.8) is 0 Å². The fourth-order valence-corrected chi connectivity index (χ4v) is 3.77. The number of nitrogens with one attached hydrogen (secondary N) is 2. The van der Waals surface area contributed by atoms with Gasteiger partial charge < -0.3 is 10.0 Å². The second-order valence-corrected chi connectivity index (χ2v) is 6.92. The van der Waals surface area contributed by atoms with Crippen LogP contribution in [0.25, 0.3) is 0 Å². The van der Waals surface area contributed by atoms with Crippen LogP contribution >= 0.6 is 0 Å². The molecule has 4 atom stereocenters. The van der Waals surface area contributed by atoms with Crippen LogP contribution in [0, 0.1) is 5.92 Å². The molecule has 2 aliphatic rings. The summed E-state index contributed by atoms with van der Waals surface area (Å²) in [5.74, 6) is 0.164. The highest BCUT2D eigenvalue weighted by Crippen LogP contribution is 2.26. The molecule has 5 nitrogen and oxygen atoms in total. The summed E-state index contributed by atoms with van der Waals surface area (Å²) >= 11 is 0. The van der Waals surface area contributed by atoms with Gasteiger partial charge in [-0.15, -0.1) is 0 Å². The van der Waals surface area contributed by atoms with Gasteiger partial charge in [0.15, 0.2) is 0 Å². The quantitative estimate of drug-likeness (QED) is 0.789. The zero-order valence-corrected chi connectivity index (χ0v) is 13.7. The van der Waals surface area contributed by atoms with Gasteiger partial charge in [0, 0.05) is 31.6 Å². The molecule has 0 spiro atoms. The molecule has 0 bridgehead atoms. The summed E-state index contributed by atoms with van der Waals surface area (Å²) in [7, 11) is 1.88. The maximum absolute atomic E-state index is 12.5. The molecule has 5 heteroatoms. The predicted octanol–water partition coefficient (Wildman–Crippen LogP) is 1.60. The fraction of sp³-hybridized carbons (Fsp3) is 0.611. The Kier molecular flexibility index (Phi) is 5.30. The van der Waals surface area contributed by atoms with Gasteiger partial charge in [0.05, 0.1) is 6.10 Å². The van der Waals surface area contributed by atoms with Gasteiger partial charge in [0.25, 0.3) is 0 Å². The molecule has 0 aromatic heterocycles. The molecule has 23 heavy (non-hydrogen) atoms. The van der Waals surface area contributed by atoms with E-state index in [1.54, 1.807) is 0 Å². The molecular formula is C18H27N3O2. The smallest absolute Gasteiger partial charge is 0.225 e. The third-order valence-corrected chi connectivity index (χ3v) is 5.05. The average molecular weight is 317 g/mol. The lowest BCUT2D eigenvalue weighted by molar-refractivity contribution is -0.136. The number of hydrazine groups is 1. The average Bonchev–Trinajstić information content (AvgIpc) is 3.03. The molecule has 1 saturated heterocycles. The topological polar surface area (TPSA) is 64.6 Å². The monoisotopic (exact) mass is 317 g/mol. The number of hydrogen-bond acceptors (Lipinski definition) is 4. The third-order valence-electron chi connectivity index (χ3n) is 5.05. The number of carbonyl (C=O) groups excluding carboxylic acids is 1. The van der Waals surface area contributed by atoms with Gasteiger partial charge >= 0.3 is 0 Å². The zero-order chi connectivity index (χ0) is 16.2. The minimum absolute atomic E-state index is 0.0111. The summed E-state index contributed by atoms with van der Waals surface area (Å²) in [6, 6.07) is 10.9. The maximum Gasteiger partial charge on any atom is 0.225 e. The number of rotatable bonds is 4. The van der Waals surface area contributed by atoms with Gasteiger partial charge in [-0.1, -0.05) is 36.8 Å². The summed E-state index contributed by atoms with van der Waals surface area (Å²) in [5, 5.41) is 9.76. The SMILES string of the molecule is CN(CC1CC(c2ccccc2)NN1)C(=O)[C@@H]1CCC[C@H](O)C1. The van der Waals surface area contributed by atoms with Crippen LogP contribution in [-0.4, -0.2) is 41.7 Å². The number of carbonyl (C=O) groups is 1. The number of aliphatic hydroxyl groups excluding tert-OH is 1. The van der Waals surface area contributed by atoms with Gasteiger partial charge in [0.2, 0.25) is 5.91 Å². The molecule has 1 aliphatic carbocycles. The van der Waals surface area contributed by atoms with Crippen LogP contribution in [-0.2, 0) is 4.79 Å². The zero-order valence-electron chi connectivity index (χ0n) is 13.7. The van der Waals surface area contributed by atoms with Crippen molar-refractivity contribution in [2.75, 3.05) is 13.6 Å². The molecule has 1 heterocycles. The summed E-state index contributed by atoms with van der Waals surface area (Å²) in [4.78, 5) is 14.4. The summed E-state index contributed by atoms with van der Waals surface area (Å²) in [6.45, 7) is 0.696. The highest BCUT2D eigenvalue weighted by Gasteiger charge is 2.31. The normalized spacial score (nSPS) is 31.0. The van der Waals surface area contributed by atoms with Crippen molar-refractivity contribution in [2.45, 2.75) is 50.3 Å². The Balaban J connectivity index is 1.50. The van der Waals surface area contributed by atoms with Crippen LogP contribution in [0.1, 0.15) is 43.7 Å². The number of aliphatic hydroxyl groups is 1. The summed E-state index contributed by atoms with van der Waals surface area (Å²) < 4.78 is 0. The van der Waals surface area contributed by atoms with Crippen molar-refractivity contribution in [3.05, 3.63) is 35.9 Å². The van der Waals surface area contributed by atoms with Crippen LogP contribution in [0.5, 0.6) is 0 Å². The maximum atomic E-state index is 12.5. The standard InChI is InChI=1S/C18H27N3O2/c1-21(18(23)14-8-5-9-16(22)10-14)12-15-11-17(20-19-15)13-6-3-2-4-7-13/h2-4,6-7,14-17,19-20,22H,5,8-12H2,1H3/t14-,15?,16+,17?/m1/s1. The Morgan fingerprint density at radius 1 is 1.22 bits per heavy atom. The number of nitrogens with zero attached hydrogens (tertiary/aromatic N) is 1. The fourth-order valence-electron chi connectivity index (χ4n) is 3.77. The van der Waals surface area contributed by atoms with Crippen molar-refractivity contribution in [2.24, 2.45) is 5.92 Å². The third kappa shape index (κ3) is 4.10. The molecule has 1 saturated carbocycles. The van der Waals surface area contributed by atoms with E-state index in [2.05, 4.69) is 23.0 Å². The first kappa shape index (κ1) is 16.4. The Labute approximate surface area is 138 Å². The van der Waals surface area contributed by atoms with Crippen molar-refractivity contribution in [1.82, 2.24) is 15.8 Å². The molecule has 1 aliphatic heterocycles. The minimum atomic E-state index is -0.306. The van der Waals surface area contributed by atoms with E-state index in [0.717, 1.165) is 25.7 Å². The number of amides is 1. The second-order valence-electron chi connectivity index (χ2n) is 6.92. The van der Waals surface area contributed by atoms with Gasteiger partial charge in [0.1, 0.15) is 0 Å². The van der Waals surface area contributed by atoms with E-state index >= 15 is 0 Å². The molecule has 126 valence electrons. The first-order chi connectivity index (χ1) is 11.1. The van der Waals surface area contributed by atoms with Crippen molar-refractivity contribution in [3.8, 4) is 0 Å². The van der Waals surface area contributed by atoms with E-state index in [1.165, 1.54) is 5.56 Å². The highest BCUT2D eigenvalue weighted by molar-refractivity contribution is 5.78. The predicted molar refractivity (Wildman–Crippen MR) is 89.5 cm³/mol. The Morgan fingerprint density at radius 3 is 2.74 bits per heavy atom. The summed E-state index contributed by atoms with van der Waals surface area (Å²) in [6.07, 6.45) is 3.97. The van der Waals surface area contributed by atoms with Crippen LogP contribution < -0.4 is 10.9 Å². The largest absolute Gasteiger partial charge is 0.393 e. The Hall–Kier alpha value is -1.43. The number of likely N-dealkylation sites (N-methyl/N-ethyl adjacent to an activating group) is 1. The molecule has 1 aromatic rings. The van der Waals surface area contributed by atoms with E-state index in [-0.39, 0.29) is 24.0 Å². The number of hydrogen-bond donors (Lipinski definition) is 3. The number of benzene rings is 1. The molecule has 1 amide bonds. The summed E-state index contributed by atoms with van der Waals surface area (Å²) in [5.41, 5.74) is 7.91. The molecule has 2 fully saturated rings. The van der Waals surface area contributed by atoms with Gasteiger partial charge in [-0.3, -0.25) is 10.2 Å². The molecule has 3 rings (SSSR count).